The molecule has 2 aromatic rings. The van der Waals surface area contributed by atoms with Crippen LogP contribution in [0.4, 0.5) is 0 Å². The number of aryl methyl sites for hydroxylation is 2. The second-order valence-corrected chi connectivity index (χ2v) is 6.42. The van der Waals surface area contributed by atoms with Gasteiger partial charge in [-0.3, -0.25) is 4.90 Å². The van der Waals surface area contributed by atoms with Crippen molar-refractivity contribution < 1.29 is 13.6 Å². The Hall–Kier alpha value is -1.66. The lowest BCUT2D eigenvalue weighted by molar-refractivity contribution is 0.0344. The molecule has 6 heteroatoms. The lowest BCUT2D eigenvalue weighted by Gasteiger charge is -2.17. The largest absolute Gasteiger partial charge is 0.465 e. The van der Waals surface area contributed by atoms with E-state index in [0.717, 1.165) is 44.0 Å². The molecule has 0 unspecified atom stereocenters. The predicted molar refractivity (Wildman–Crippen MR) is 78.2 cm³/mol. The van der Waals surface area contributed by atoms with Gasteiger partial charge in [-0.15, -0.1) is 10.2 Å². The molecule has 3 atom stereocenters. The zero-order chi connectivity index (χ0) is 15.1. The quantitative estimate of drug-likeness (QED) is 0.862. The molecule has 4 rings (SSSR count). The number of nitrogens with zero attached hydrogens (tertiary/aromatic N) is 3. The molecule has 0 spiro atoms. The predicted octanol–water partition coefficient (Wildman–Crippen LogP) is 2.11. The zero-order valence-corrected chi connectivity index (χ0v) is 13.0. The molecular weight excluding hydrogens is 282 g/mol. The van der Waals surface area contributed by atoms with E-state index in [1.165, 1.54) is 0 Å². The summed E-state index contributed by atoms with van der Waals surface area (Å²) in [6, 6.07) is 4.08. The molecule has 118 valence electrons. The van der Waals surface area contributed by atoms with Crippen LogP contribution in [0.1, 0.15) is 29.7 Å². The molecule has 0 amide bonds. The highest BCUT2D eigenvalue weighted by Crippen LogP contribution is 2.34. The van der Waals surface area contributed by atoms with Crippen molar-refractivity contribution >= 4 is 0 Å². The average Bonchev–Trinajstić information content (AvgIpc) is 3.18. The van der Waals surface area contributed by atoms with Crippen molar-refractivity contribution in [2.45, 2.75) is 45.4 Å². The van der Waals surface area contributed by atoms with Gasteiger partial charge in [0.1, 0.15) is 11.5 Å². The second kappa shape index (κ2) is 5.52. The van der Waals surface area contributed by atoms with Crippen molar-refractivity contribution in [3.63, 3.8) is 0 Å². The standard InChI is InChI=1S/C16H21N3O3/c1-10-3-4-13(20-10)8-19-7-12-5-14(22-15(12)9-19)6-16-18-17-11(2)21-16/h3-4,12,14-15H,5-9H2,1-2H3/t12-,14+,15+/m0/s1. The minimum absolute atomic E-state index is 0.211. The maximum absolute atomic E-state index is 6.17. The van der Waals surface area contributed by atoms with Gasteiger partial charge in [0.25, 0.3) is 0 Å². The molecule has 2 saturated heterocycles. The fraction of sp³-hybridized carbons (Fsp3) is 0.625. The number of rotatable bonds is 4. The van der Waals surface area contributed by atoms with Gasteiger partial charge in [-0.1, -0.05) is 0 Å². The van der Waals surface area contributed by atoms with Crippen LogP contribution in [-0.2, 0) is 17.7 Å². The highest BCUT2D eigenvalue weighted by molar-refractivity contribution is 5.06. The number of aromatic nitrogens is 2. The fourth-order valence-corrected chi connectivity index (χ4v) is 3.61. The van der Waals surface area contributed by atoms with Crippen molar-refractivity contribution in [3.05, 3.63) is 35.4 Å². The van der Waals surface area contributed by atoms with Crippen LogP contribution in [0.2, 0.25) is 0 Å². The molecule has 0 bridgehead atoms. The van der Waals surface area contributed by atoms with Gasteiger partial charge in [0.15, 0.2) is 0 Å². The summed E-state index contributed by atoms with van der Waals surface area (Å²) in [4.78, 5) is 2.42. The van der Waals surface area contributed by atoms with Crippen molar-refractivity contribution in [3.8, 4) is 0 Å². The van der Waals surface area contributed by atoms with E-state index in [4.69, 9.17) is 13.6 Å². The Morgan fingerprint density at radius 3 is 2.77 bits per heavy atom. The van der Waals surface area contributed by atoms with E-state index < -0.39 is 0 Å². The van der Waals surface area contributed by atoms with Gasteiger partial charge in [-0.2, -0.15) is 0 Å². The normalized spacial score (nSPS) is 28.4. The van der Waals surface area contributed by atoms with Crippen LogP contribution in [0.15, 0.2) is 21.0 Å². The molecule has 6 nitrogen and oxygen atoms in total. The molecule has 0 aromatic carbocycles. The average molecular weight is 303 g/mol. The first kappa shape index (κ1) is 14.0. The summed E-state index contributed by atoms with van der Waals surface area (Å²) in [6.45, 7) is 6.72. The summed E-state index contributed by atoms with van der Waals surface area (Å²) in [6.07, 6.45) is 2.33. The maximum Gasteiger partial charge on any atom is 0.219 e. The van der Waals surface area contributed by atoms with E-state index in [2.05, 4.69) is 21.2 Å². The first-order valence-electron chi connectivity index (χ1n) is 7.88. The Labute approximate surface area is 129 Å². The topological polar surface area (TPSA) is 64.5 Å². The number of furan rings is 1. The highest BCUT2D eigenvalue weighted by Gasteiger charge is 2.42. The molecule has 0 saturated carbocycles. The summed E-state index contributed by atoms with van der Waals surface area (Å²) < 4.78 is 17.3. The van der Waals surface area contributed by atoms with E-state index in [-0.39, 0.29) is 6.10 Å². The highest BCUT2D eigenvalue weighted by atomic mass is 16.5. The lowest BCUT2D eigenvalue weighted by atomic mass is 10.0. The molecule has 4 heterocycles. The van der Waals surface area contributed by atoms with Crippen LogP contribution in [0, 0.1) is 19.8 Å². The summed E-state index contributed by atoms with van der Waals surface area (Å²) in [5.74, 6) is 3.92. The van der Waals surface area contributed by atoms with Crippen molar-refractivity contribution in [1.82, 2.24) is 15.1 Å². The van der Waals surface area contributed by atoms with Crippen molar-refractivity contribution in [2.75, 3.05) is 13.1 Å². The van der Waals surface area contributed by atoms with Gasteiger partial charge >= 0.3 is 0 Å². The number of hydrogen-bond donors (Lipinski definition) is 0. The molecule has 2 aromatic heterocycles. The monoisotopic (exact) mass is 303 g/mol. The zero-order valence-electron chi connectivity index (χ0n) is 13.0. The third kappa shape index (κ3) is 2.80. The van der Waals surface area contributed by atoms with E-state index in [9.17, 15) is 0 Å². The molecule has 2 aliphatic rings. The number of fused-ring (bicyclic) bond motifs is 1. The third-order valence-electron chi connectivity index (χ3n) is 4.54. The first-order valence-corrected chi connectivity index (χ1v) is 7.88. The second-order valence-electron chi connectivity index (χ2n) is 6.42. The maximum atomic E-state index is 6.17. The van der Waals surface area contributed by atoms with Gasteiger partial charge in [-0.05, 0) is 25.5 Å². The molecule has 2 fully saturated rings. The lowest BCUT2D eigenvalue weighted by Crippen LogP contribution is -2.25. The Kier molecular flexibility index (Phi) is 3.50. The van der Waals surface area contributed by atoms with Gasteiger partial charge in [0.2, 0.25) is 11.8 Å². The van der Waals surface area contributed by atoms with E-state index in [0.29, 0.717) is 23.8 Å². The molecule has 0 N–H and O–H groups in total. The number of ether oxygens (including phenoxy) is 1. The Balaban J connectivity index is 1.30. The third-order valence-corrected chi connectivity index (χ3v) is 4.54. The summed E-state index contributed by atoms with van der Waals surface area (Å²) in [5.41, 5.74) is 0. The van der Waals surface area contributed by atoms with Crippen LogP contribution >= 0.6 is 0 Å². The minimum Gasteiger partial charge on any atom is -0.465 e. The first-order chi connectivity index (χ1) is 10.7. The van der Waals surface area contributed by atoms with E-state index in [1.54, 1.807) is 0 Å². The summed E-state index contributed by atoms with van der Waals surface area (Å²) >= 11 is 0. The van der Waals surface area contributed by atoms with Crippen molar-refractivity contribution in [1.29, 1.82) is 0 Å². The van der Waals surface area contributed by atoms with Gasteiger partial charge < -0.3 is 13.6 Å². The van der Waals surface area contributed by atoms with Gasteiger partial charge in [0.05, 0.1) is 25.2 Å². The smallest absolute Gasteiger partial charge is 0.219 e. The fourth-order valence-electron chi connectivity index (χ4n) is 3.61. The Bertz CT molecular complexity index is 582. The van der Waals surface area contributed by atoms with Crippen LogP contribution in [0.3, 0.4) is 0 Å². The SMILES string of the molecule is Cc1ccc(CN2C[C@@H]3C[C@H](Cc4nnc(C)o4)O[C@@H]3C2)o1. The van der Waals surface area contributed by atoms with Gasteiger partial charge in [0, 0.05) is 25.9 Å². The number of likely N-dealkylation sites (tertiary alicyclic amines) is 1. The molecule has 22 heavy (non-hydrogen) atoms. The molecule has 2 aliphatic heterocycles. The van der Waals surface area contributed by atoms with Crippen LogP contribution in [0.5, 0.6) is 0 Å². The summed E-state index contributed by atoms with van der Waals surface area (Å²) in [5, 5.41) is 7.93. The Morgan fingerprint density at radius 2 is 2.09 bits per heavy atom. The molecule has 0 aliphatic carbocycles. The van der Waals surface area contributed by atoms with Gasteiger partial charge in [-0.25, -0.2) is 0 Å². The van der Waals surface area contributed by atoms with E-state index >= 15 is 0 Å². The number of hydrogen-bond acceptors (Lipinski definition) is 6. The van der Waals surface area contributed by atoms with Crippen LogP contribution in [0.25, 0.3) is 0 Å². The van der Waals surface area contributed by atoms with E-state index in [1.807, 2.05) is 19.9 Å². The Morgan fingerprint density at radius 1 is 1.18 bits per heavy atom. The molecule has 0 radical (unpaired) electrons. The van der Waals surface area contributed by atoms with Crippen LogP contribution in [-0.4, -0.2) is 40.4 Å². The summed E-state index contributed by atoms with van der Waals surface area (Å²) in [7, 11) is 0. The molecular formula is C16H21N3O3. The van der Waals surface area contributed by atoms with Crippen molar-refractivity contribution in [2.24, 2.45) is 5.92 Å². The minimum atomic E-state index is 0.211. The van der Waals surface area contributed by atoms with Crippen LogP contribution < -0.4 is 0 Å².